The molecule has 3 rings (SSSR count). The Morgan fingerprint density at radius 1 is 1.45 bits per heavy atom. The van der Waals surface area contributed by atoms with Gasteiger partial charge in [-0.3, -0.25) is 0 Å². The smallest absolute Gasteiger partial charge is 0.105 e. The minimum atomic E-state index is 0.322. The Morgan fingerprint density at radius 3 is 3.00 bits per heavy atom. The first-order valence-electron chi connectivity index (χ1n) is 4.67. The van der Waals surface area contributed by atoms with Gasteiger partial charge in [-0.05, 0) is 31.1 Å². The summed E-state index contributed by atoms with van der Waals surface area (Å²) in [7, 11) is 0. The van der Waals surface area contributed by atoms with Gasteiger partial charge in [-0.2, -0.15) is 0 Å². The molecule has 0 aromatic heterocycles. The lowest BCUT2D eigenvalue weighted by atomic mass is 9.64. The summed E-state index contributed by atoms with van der Waals surface area (Å²) >= 11 is 0. The first-order chi connectivity index (χ1) is 5.37. The number of fused-ring (bicyclic) bond motifs is 2. The molecule has 1 spiro atoms. The second kappa shape index (κ2) is 1.71. The van der Waals surface area contributed by atoms with E-state index in [2.05, 4.69) is 6.58 Å². The van der Waals surface area contributed by atoms with E-state index in [1.807, 2.05) is 6.08 Å². The molecular weight excluding hydrogens is 136 g/mol. The maximum absolute atomic E-state index is 5.69. The minimum absolute atomic E-state index is 0.322. The van der Waals surface area contributed by atoms with Crippen molar-refractivity contribution in [2.24, 2.45) is 11.8 Å². The van der Waals surface area contributed by atoms with Crippen molar-refractivity contribution in [3.63, 3.8) is 0 Å². The van der Waals surface area contributed by atoms with Crippen molar-refractivity contribution in [3.8, 4) is 0 Å². The highest BCUT2D eigenvalue weighted by molar-refractivity contribution is 5.23. The summed E-state index contributed by atoms with van der Waals surface area (Å²) in [6.45, 7) is 3.79. The molecule has 11 heavy (non-hydrogen) atoms. The van der Waals surface area contributed by atoms with Crippen LogP contribution in [0.3, 0.4) is 0 Å². The molecule has 3 aliphatic rings. The molecule has 4 atom stereocenters. The molecular formula is C10H14O. The summed E-state index contributed by atoms with van der Waals surface area (Å²) in [5.41, 5.74) is 0.322. The van der Waals surface area contributed by atoms with Crippen molar-refractivity contribution in [2.45, 2.75) is 37.4 Å². The monoisotopic (exact) mass is 150 g/mol. The standard InChI is InChI=1S/C10H14O/c1-2-9-10(11-9)6-7-4-3-5-8(7)10/h2,7-9H,1,3-6H2. The highest BCUT2D eigenvalue weighted by Gasteiger charge is 2.69. The van der Waals surface area contributed by atoms with Crippen molar-refractivity contribution in [3.05, 3.63) is 12.7 Å². The van der Waals surface area contributed by atoms with E-state index < -0.39 is 0 Å². The second-order valence-electron chi connectivity index (χ2n) is 4.23. The molecule has 0 aromatic carbocycles. The maximum atomic E-state index is 5.69. The SMILES string of the molecule is C=CC1OC12CC1CCCC12. The normalized spacial score (nSPS) is 58.7. The maximum Gasteiger partial charge on any atom is 0.105 e. The average Bonchev–Trinajstić information content (AvgIpc) is 2.63. The number of hydrogen-bond donors (Lipinski definition) is 0. The van der Waals surface area contributed by atoms with Gasteiger partial charge in [0.25, 0.3) is 0 Å². The molecule has 0 radical (unpaired) electrons. The molecule has 2 saturated carbocycles. The number of rotatable bonds is 1. The zero-order chi connectivity index (χ0) is 7.47. The lowest BCUT2D eigenvalue weighted by Crippen LogP contribution is -2.42. The van der Waals surface area contributed by atoms with Crippen LogP contribution in [0.2, 0.25) is 0 Å². The highest BCUT2D eigenvalue weighted by atomic mass is 16.6. The number of hydrogen-bond acceptors (Lipinski definition) is 1. The predicted molar refractivity (Wildman–Crippen MR) is 43.2 cm³/mol. The van der Waals surface area contributed by atoms with Crippen molar-refractivity contribution in [1.29, 1.82) is 0 Å². The topological polar surface area (TPSA) is 12.5 Å². The van der Waals surface area contributed by atoms with Gasteiger partial charge in [0, 0.05) is 0 Å². The van der Waals surface area contributed by atoms with E-state index in [0.717, 1.165) is 11.8 Å². The Balaban J connectivity index is 1.80. The van der Waals surface area contributed by atoms with E-state index >= 15 is 0 Å². The predicted octanol–water partition coefficient (Wildman–Crippen LogP) is 2.13. The van der Waals surface area contributed by atoms with Gasteiger partial charge in [-0.15, -0.1) is 6.58 Å². The van der Waals surface area contributed by atoms with Crippen LogP contribution in [0.5, 0.6) is 0 Å². The van der Waals surface area contributed by atoms with E-state index in [1.54, 1.807) is 0 Å². The van der Waals surface area contributed by atoms with Crippen LogP contribution in [0.4, 0.5) is 0 Å². The Morgan fingerprint density at radius 2 is 2.36 bits per heavy atom. The lowest BCUT2D eigenvalue weighted by Gasteiger charge is -2.38. The summed E-state index contributed by atoms with van der Waals surface area (Å²) in [5, 5.41) is 0. The summed E-state index contributed by atoms with van der Waals surface area (Å²) in [5.74, 6) is 1.92. The molecule has 0 bridgehead atoms. The van der Waals surface area contributed by atoms with Crippen molar-refractivity contribution in [1.82, 2.24) is 0 Å². The fourth-order valence-electron chi connectivity index (χ4n) is 3.24. The number of ether oxygens (including phenoxy) is 1. The van der Waals surface area contributed by atoms with Gasteiger partial charge in [0.2, 0.25) is 0 Å². The molecule has 4 unspecified atom stereocenters. The summed E-state index contributed by atoms with van der Waals surface area (Å²) in [6, 6.07) is 0. The zero-order valence-electron chi connectivity index (χ0n) is 6.75. The first-order valence-corrected chi connectivity index (χ1v) is 4.67. The van der Waals surface area contributed by atoms with Gasteiger partial charge in [0.05, 0.1) is 0 Å². The zero-order valence-corrected chi connectivity index (χ0v) is 6.75. The molecule has 2 aliphatic carbocycles. The van der Waals surface area contributed by atoms with Gasteiger partial charge in [0.15, 0.2) is 0 Å². The Kier molecular flexibility index (Phi) is 0.972. The third kappa shape index (κ3) is 0.572. The molecule has 1 heterocycles. The van der Waals surface area contributed by atoms with Crippen LogP contribution in [0.1, 0.15) is 25.7 Å². The van der Waals surface area contributed by atoms with Crippen molar-refractivity contribution < 1.29 is 4.74 Å². The summed E-state index contributed by atoms with van der Waals surface area (Å²) in [6.07, 6.45) is 8.03. The first kappa shape index (κ1) is 6.24. The van der Waals surface area contributed by atoms with Gasteiger partial charge in [0.1, 0.15) is 11.7 Å². The van der Waals surface area contributed by atoms with E-state index in [4.69, 9.17) is 4.74 Å². The fourth-order valence-corrected chi connectivity index (χ4v) is 3.24. The molecule has 1 aliphatic heterocycles. The largest absolute Gasteiger partial charge is 0.361 e. The van der Waals surface area contributed by atoms with Crippen LogP contribution in [-0.4, -0.2) is 11.7 Å². The van der Waals surface area contributed by atoms with Crippen LogP contribution in [-0.2, 0) is 4.74 Å². The van der Waals surface area contributed by atoms with Crippen molar-refractivity contribution >= 4 is 0 Å². The molecule has 0 aromatic rings. The third-order valence-electron chi connectivity index (χ3n) is 3.85. The van der Waals surface area contributed by atoms with E-state index in [9.17, 15) is 0 Å². The molecule has 0 amide bonds. The van der Waals surface area contributed by atoms with Crippen LogP contribution in [0.25, 0.3) is 0 Å². The van der Waals surface area contributed by atoms with Crippen molar-refractivity contribution in [2.75, 3.05) is 0 Å². The molecule has 1 nitrogen and oxygen atoms in total. The Bertz CT molecular complexity index is 211. The van der Waals surface area contributed by atoms with Crippen LogP contribution in [0, 0.1) is 11.8 Å². The van der Waals surface area contributed by atoms with E-state index in [-0.39, 0.29) is 0 Å². The summed E-state index contributed by atoms with van der Waals surface area (Å²) in [4.78, 5) is 0. The third-order valence-corrected chi connectivity index (χ3v) is 3.85. The molecule has 60 valence electrons. The van der Waals surface area contributed by atoms with Crippen LogP contribution >= 0.6 is 0 Å². The Hall–Kier alpha value is -0.300. The van der Waals surface area contributed by atoms with Gasteiger partial charge in [-0.25, -0.2) is 0 Å². The molecule has 3 fully saturated rings. The average molecular weight is 150 g/mol. The Labute approximate surface area is 67.4 Å². The number of epoxide rings is 1. The summed E-state index contributed by atoms with van der Waals surface area (Å²) < 4.78 is 5.69. The van der Waals surface area contributed by atoms with E-state index in [0.29, 0.717) is 11.7 Å². The quantitative estimate of drug-likeness (QED) is 0.412. The highest BCUT2D eigenvalue weighted by Crippen LogP contribution is 2.65. The second-order valence-corrected chi connectivity index (χ2v) is 4.23. The van der Waals surface area contributed by atoms with Crippen LogP contribution in [0.15, 0.2) is 12.7 Å². The minimum Gasteiger partial charge on any atom is -0.361 e. The molecule has 1 saturated heterocycles. The molecule has 1 heteroatoms. The van der Waals surface area contributed by atoms with Gasteiger partial charge >= 0.3 is 0 Å². The van der Waals surface area contributed by atoms with Gasteiger partial charge < -0.3 is 4.74 Å². The van der Waals surface area contributed by atoms with Crippen LogP contribution < -0.4 is 0 Å². The molecule has 0 N–H and O–H groups in total. The van der Waals surface area contributed by atoms with Gasteiger partial charge in [-0.1, -0.05) is 12.5 Å². The van der Waals surface area contributed by atoms with E-state index in [1.165, 1.54) is 25.7 Å². The fraction of sp³-hybridized carbons (Fsp3) is 0.800. The lowest BCUT2D eigenvalue weighted by molar-refractivity contribution is 0.0542.